The Morgan fingerprint density at radius 2 is 1.65 bits per heavy atom. The molecule has 0 aliphatic heterocycles. The number of methoxy groups -OCH3 is 1. The van der Waals surface area contributed by atoms with Gasteiger partial charge in [0, 0.05) is 10.9 Å². The number of carbonyl (C=O) groups excluding carboxylic acids is 1. The van der Waals surface area contributed by atoms with E-state index in [0.29, 0.717) is 16.8 Å². The molecule has 0 bridgehead atoms. The van der Waals surface area contributed by atoms with Gasteiger partial charge in [0.1, 0.15) is 5.69 Å². The van der Waals surface area contributed by atoms with Gasteiger partial charge in [-0.25, -0.2) is 4.79 Å². The van der Waals surface area contributed by atoms with Crippen molar-refractivity contribution >= 4 is 16.9 Å². The lowest BCUT2D eigenvalue weighted by Crippen LogP contribution is -2.07. The number of hydrogen-bond acceptors (Lipinski definition) is 4. The quantitative estimate of drug-likeness (QED) is 0.667. The lowest BCUT2D eigenvalue weighted by Gasteiger charge is -2.09. The Balaban J connectivity index is 2.35. The third-order valence-electron chi connectivity index (χ3n) is 3.10. The zero-order chi connectivity index (χ0) is 13.9. The van der Waals surface area contributed by atoms with Crippen molar-refractivity contribution in [2.75, 3.05) is 7.11 Å². The van der Waals surface area contributed by atoms with E-state index in [1.165, 1.54) is 7.11 Å². The fourth-order valence-corrected chi connectivity index (χ4v) is 2.16. The van der Waals surface area contributed by atoms with Crippen molar-refractivity contribution < 1.29 is 9.53 Å². The third-order valence-corrected chi connectivity index (χ3v) is 3.10. The Morgan fingerprint density at radius 3 is 2.40 bits per heavy atom. The Kier molecular flexibility index (Phi) is 3.13. The number of ether oxygens (including phenoxy) is 1. The molecule has 2 aromatic carbocycles. The summed E-state index contributed by atoms with van der Waals surface area (Å²) in [5, 5.41) is 9.12. The van der Waals surface area contributed by atoms with Crippen LogP contribution in [0.4, 0.5) is 0 Å². The van der Waals surface area contributed by atoms with E-state index in [9.17, 15) is 4.79 Å². The molecule has 4 heteroatoms. The van der Waals surface area contributed by atoms with Crippen LogP contribution in [0.1, 0.15) is 10.4 Å². The van der Waals surface area contributed by atoms with Crippen molar-refractivity contribution in [3.05, 3.63) is 60.2 Å². The first-order valence-electron chi connectivity index (χ1n) is 6.20. The molecular formula is C16H12N2O2. The summed E-state index contributed by atoms with van der Waals surface area (Å²) >= 11 is 0. The SMILES string of the molecule is COC(=O)c1c(-c2ccccc2)nnc2ccccc12. The van der Waals surface area contributed by atoms with Gasteiger partial charge in [0.2, 0.25) is 0 Å². The normalized spacial score (nSPS) is 10.4. The maximum absolute atomic E-state index is 12.1. The van der Waals surface area contributed by atoms with Gasteiger partial charge in [-0.3, -0.25) is 0 Å². The number of nitrogens with zero attached hydrogens (tertiary/aromatic N) is 2. The first kappa shape index (κ1) is 12.3. The number of esters is 1. The van der Waals surface area contributed by atoms with Crippen molar-refractivity contribution in [1.29, 1.82) is 0 Å². The van der Waals surface area contributed by atoms with E-state index in [2.05, 4.69) is 10.2 Å². The maximum atomic E-state index is 12.1. The number of aromatic nitrogens is 2. The molecule has 0 aliphatic carbocycles. The van der Waals surface area contributed by atoms with Crippen LogP contribution in [0.25, 0.3) is 22.2 Å². The Hall–Kier alpha value is -2.75. The summed E-state index contributed by atoms with van der Waals surface area (Å²) < 4.78 is 4.90. The van der Waals surface area contributed by atoms with Crippen LogP contribution < -0.4 is 0 Å². The molecule has 0 radical (unpaired) electrons. The van der Waals surface area contributed by atoms with E-state index in [-0.39, 0.29) is 0 Å². The van der Waals surface area contributed by atoms with Crippen LogP contribution >= 0.6 is 0 Å². The lowest BCUT2D eigenvalue weighted by atomic mass is 10.0. The molecule has 0 amide bonds. The average molecular weight is 264 g/mol. The highest BCUT2D eigenvalue weighted by Crippen LogP contribution is 2.27. The minimum Gasteiger partial charge on any atom is -0.465 e. The molecule has 0 aliphatic rings. The van der Waals surface area contributed by atoms with E-state index in [0.717, 1.165) is 10.9 Å². The summed E-state index contributed by atoms with van der Waals surface area (Å²) in [6.45, 7) is 0. The lowest BCUT2D eigenvalue weighted by molar-refractivity contribution is 0.0603. The van der Waals surface area contributed by atoms with E-state index >= 15 is 0 Å². The van der Waals surface area contributed by atoms with Crippen molar-refractivity contribution in [2.45, 2.75) is 0 Å². The molecule has 0 N–H and O–H groups in total. The van der Waals surface area contributed by atoms with Crippen LogP contribution in [-0.4, -0.2) is 23.3 Å². The molecule has 0 saturated carbocycles. The first-order chi connectivity index (χ1) is 9.81. The van der Waals surface area contributed by atoms with Crippen molar-refractivity contribution in [3.8, 4) is 11.3 Å². The summed E-state index contributed by atoms with van der Waals surface area (Å²) in [5.41, 5.74) is 2.50. The summed E-state index contributed by atoms with van der Waals surface area (Å²) in [6.07, 6.45) is 0. The molecule has 4 nitrogen and oxygen atoms in total. The predicted octanol–water partition coefficient (Wildman–Crippen LogP) is 3.08. The topological polar surface area (TPSA) is 52.1 Å². The minimum atomic E-state index is -0.407. The van der Waals surface area contributed by atoms with Crippen LogP contribution in [0, 0.1) is 0 Å². The highest BCUT2D eigenvalue weighted by Gasteiger charge is 2.19. The zero-order valence-electron chi connectivity index (χ0n) is 10.9. The summed E-state index contributed by atoms with van der Waals surface area (Å²) in [4.78, 5) is 12.1. The van der Waals surface area contributed by atoms with Crippen LogP contribution in [0.3, 0.4) is 0 Å². The average Bonchev–Trinajstić information content (AvgIpc) is 2.54. The van der Waals surface area contributed by atoms with Crippen LogP contribution in [-0.2, 0) is 4.74 Å². The van der Waals surface area contributed by atoms with Gasteiger partial charge < -0.3 is 4.74 Å². The summed E-state index contributed by atoms with van der Waals surface area (Å²) in [7, 11) is 1.37. The van der Waals surface area contributed by atoms with Crippen LogP contribution in [0.2, 0.25) is 0 Å². The van der Waals surface area contributed by atoms with Gasteiger partial charge in [-0.05, 0) is 6.07 Å². The second kappa shape index (κ2) is 5.09. The van der Waals surface area contributed by atoms with E-state index in [1.807, 2.05) is 54.6 Å². The van der Waals surface area contributed by atoms with Crippen LogP contribution in [0.5, 0.6) is 0 Å². The third kappa shape index (κ3) is 2.01. The number of carbonyl (C=O) groups is 1. The fraction of sp³-hybridized carbons (Fsp3) is 0.0625. The molecular weight excluding hydrogens is 252 g/mol. The predicted molar refractivity (Wildman–Crippen MR) is 76.3 cm³/mol. The number of hydrogen-bond donors (Lipinski definition) is 0. The van der Waals surface area contributed by atoms with Crippen molar-refractivity contribution in [3.63, 3.8) is 0 Å². The van der Waals surface area contributed by atoms with Gasteiger partial charge in [0.25, 0.3) is 0 Å². The summed E-state index contributed by atoms with van der Waals surface area (Å²) in [5.74, 6) is -0.407. The monoisotopic (exact) mass is 264 g/mol. The van der Waals surface area contributed by atoms with E-state index in [1.54, 1.807) is 0 Å². The van der Waals surface area contributed by atoms with Gasteiger partial charge in [0.15, 0.2) is 0 Å². The molecule has 1 aromatic heterocycles. The molecule has 0 unspecified atom stereocenters. The minimum absolute atomic E-state index is 0.407. The van der Waals surface area contributed by atoms with E-state index in [4.69, 9.17) is 4.74 Å². The molecule has 98 valence electrons. The Bertz CT molecular complexity index is 770. The van der Waals surface area contributed by atoms with Crippen molar-refractivity contribution in [2.24, 2.45) is 0 Å². The molecule has 0 fully saturated rings. The molecule has 3 rings (SSSR count). The molecule has 20 heavy (non-hydrogen) atoms. The highest BCUT2D eigenvalue weighted by molar-refractivity contribution is 6.07. The van der Waals surface area contributed by atoms with Gasteiger partial charge in [-0.15, -0.1) is 10.2 Å². The molecule has 0 saturated heterocycles. The summed E-state index contributed by atoms with van der Waals surface area (Å²) in [6, 6.07) is 16.9. The standard InChI is InChI=1S/C16H12N2O2/c1-20-16(19)14-12-9-5-6-10-13(12)17-18-15(14)11-7-3-2-4-8-11/h2-10H,1H3. The largest absolute Gasteiger partial charge is 0.465 e. The van der Waals surface area contributed by atoms with Gasteiger partial charge in [-0.2, -0.15) is 0 Å². The molecule has 3 aromatic rings. The first-order valence-corrected chi connectivity index (χ1v) is 6.20. The number of fused-ring (bicyclic) bond motifs is 1. The molecule has 1 heterocycles. The fourth-order valence-electron chi connectivity index (χ4n) is 2.16. The number of benzene rings is 2. The van der Waals surface area contributed by atoms with E-state index < -0.39 is 5.97 Å². The number of rotatable bonds is 2. The Labute approximate surface area is 116 Å². The van der Waals surface area contributed by atoms with Gasteiger partial charge >= 0.3 is 5.97 Å². The van der Waals surface area contributed by atoms with Gasteiger partial charge in [-0.1, -0.05) is 48.5 Å². The van der Waals surface area contributed by atoms with Gasteiger partial charge in [0.05, 0.1) is 18.2 Å². The second-order valence-electron chi connectivity index (χ2n) is 4.30. The maximum Gasteiger partial charge on any atom is 0.340 e. The van der Waals surface area contributed by atoms with Crippen LogP contribution in [0.15, 0.2) is 54.6 Å². The second-order valence-corrected chi connectivity index (χ2v) is 4.30. The Morgan fingerprint density at radius 1 is 0.950 bits per heavy atom. The molecule has 0 spiro atoms. The zero-order valence-corrected chi connectivity index (χ0v) is 10.9. The smallest absolute Gasteiger partial charge is 0.340 e. The van der Waals surface area contributed by atoms with Crippen molar-refractivity contribution in [1.82, 2.24) is 10.2 Å². The highest BCUT2D eigenvalue weighted by atomic mass is 16.5. The molecule has 0 atom stereocenters.